The number of amides is 1. The molecule has 1 aliphatic heterocycles. The molecule has 5 rings (SSSR count). The highest BCUT2D eigenvalue weighted by atomic mass is 32.1. The zero-order chi connectivity index (χ0) is 30.7. The molecule has 1 atom stereocenters. The second kappa shape index (κ2) is 12.8. The molecule has 1 amide bonds. The van der Waals surface area contributed by atoms with Crippen molar-refractivity contribution in [1.29, 1.82) is 0 Å². The van der Waals surface area contributed by atoms with Crippen LogP contribution in [0.2, 0.25) is 0 Å². The summed E-state index contributed by atoms with van der Waals surface area (Å²) in [5, 5.41) is 3.12. The van der Waals surface area contributed by atoms with Crippen molar-refractivity contribution in [1.82, 2.24) is 24.8 Å². The van der Waals surface area contributed by atoms with Crippen LogP contribution in [0.3, 0.4) is 0 Å². The lowest BCUT2D eigenvalue weighted by molar-refractivity contribution is -0.141. The second-order valence-electron chi connectivity index (χ2n) is 11.1. The molecule has 0 radical (unpaired) electrons. The molecule has 0 bridgehead atoms. The van der Waals surface area contributed by atoms with Crippen molar-refractivity contribution in [2.24, 2.45) is 5.92 Å². The molecule has 4 heterocycles. The number of likely N-dealkylation sites (N-methyl/N-ethyl adjacent to an activating group) is 1. The van der Waals surface area contributed by atoms with Gasteiger partial charge in [0.25, 0.3) is 0 Å². The summed E-state index contributed by atoms with van der Waals surface area (Å²) < 4.78 is 48.2. The summed E-state index contributed by atoms with van der Waals surface area (Å²) >= 11 is 1.31. The van der Waals surface area contributed by atoms with E-state index in [4.69, 9.17) is 4.74 Å². The maximum absolute atomic E-state index is 13.8. The first-order valence-electron chi connectivity index (χ1n) is 14.2. The molecule has 4 aromatic rings. The van der Waals surface area contributed by atoms with Gasteiger partial charge in [-0.15, -0.1) is 0 Å². The van der Waals surface area contributed by atoms with E-state index in [0.717, 1.165) is 43.1 Å². The molecule has 0 unspecified atom stereocenters. The summed E-state index contributed by atoms with van der Waals surface area (Å²) in [7, 11) is 1.78. The number of likely N-dealkylation sites (tertiary alicyclic amines) is 1. The number of para-hydroxylation sites is 1. The van der Waals surface area contributed by atoms with Crippen LogP contribution < -0.4 is 15.0 Å². The van der Waals surface area contributed by atoms with Crippen LogP contribution in [0.5, 0.6) is 11.6 Å². The van der Waals surface area contributed by atoms with Gasteiger partial charge in [-0.05, 0) is 49.6 Å². The van der Waals surface area contributed by atoms with E-state index in [0.29, 0.717) is 40.1 Å². The van der Waals surface area contributed by atoms with Gasteiger partial charge in [0.1, 0.15) is 23.4 Å². The maximum atomic E-state index is 13.8. The summed E-state index contributed by atoms with van der Waals surface area (Å²) in [6.07, 6.45) is -0.109. The van der Waals surface area contributed by atoms with E-state index in [-0.39, 0.29) is 23.6 Å². The minimum atomic E-state index is -4.59. The number of piperidine rings is 1. The molecule has 1 aromatic carbocycles. The first kappa shape index (κ1) is 30.6. The monoisotopic (exact) mass is 613 g/mol. The van der Waals surface area contributed by atoms with E-state index >= 15 is 0 Å². The number of pyridine rings is 1. The molecule has 1 N–H and O–H groups in total. The predicted molar refractivity (Wildman–Crippen MR) is 162 cm³/mol. The number of hydrogen-bond acceptors (Lipinski definition) is 9. The number of ether oxygens (including phenoxy) is 1. The van der Waals surface area contributed by atoms with Crippen LogP contribution in [-0.4, -0.2) is 63.5 Å². The second-order valence-corrected chi connectivity index (χ2v) is 12.2. The van der Waals surface area contributed by atoms with Crippen LogP contribution in [0.4, 0.5) is 24.1 Å². The van der Waals surface area contributed by atoms with Gasteiger partial charge in [-0.1, -0.05) is 37.7 Å². The van der Waals surface area contributed by atoms with Gasteiger partial charge >= 0.3 is 6.18 Å². The third kappa shape index (κ3) is 7.39. The third-order valence-corrected chi connectivity index (χ3v) is 8.09. The zero-order valence-electron chi connectivity index (χ0n) is 24.5. The highest BCUT2D eigenvalue weighted by molar-refractivity contribution is 7.22. The molecule has 43 heavy (non-hydrogen) atoms. The molecule has 0 saturated carbocycles. The average Bonchev–Trinajstić information content (AvgIpc) is 3.36. The van der Waals surface area contributed by atoms with E-state index in [1.54, 1.807) is 30.1 Å². The molecule has 0 spiro atoms. The number of alkyl halides is 3. The lowest BCUT2D eigenvalue weighted by atomic mass is 10.00. The topological polar surface area (TPSA) is 96.4 Å². The van der Waals surface area contributed by atoms with Crippen LogP contribution in [0, 0.1) is 5.92 Å². The van der Waals surface area contributed by atoms with Gasteiger partial charge in [0.15, 0.2) is 10.9 Å². The maximum Gasteiger partial charge on any atom is 0.433 e. The molecule has 3 aromatic heterocycles. The highest BCUT2D eigenvalue weighted by Crippen LogP contribution is 2.37. The number of anilines is 2. The first-order chi connectivity index (χ1) is 20.5. The molecule has 1 fully saturated rings. The summed E-state index contributed by atoms with van der Waals surface area (Å²) in [4.78, 5) is 32.9. The molecule has 1 saturated heterocycles. The number of hydrogen-bond donors (Lipinski definition) is 1. The van der Waals surface area contributed by atoms with Gasteiger partial charge in [0, 0.05) is 44.7 Å². The molecule has 1 aliphatic rings. The highest BCUT2D eigenvalue weighted by Gasteiger charge is 2.34. The number of carbonyl (C=O) groups excluding carboxylic acids is 1. The standard InChI is InChI=1S/C30H34F3N7O2S/c1-18(2)15-40-13-6-5-8-20(40)16-39(4)28-21(11-12-25(37-28)30(31,32)33)22-14-26(35-17-34-22)42-23-9-7-10-24-27(23)38-29(43-24)36-19(3)41/h7,9-12,14,17-18,20H,5-6,8,13,15-16H2,1-4H3,(H,36,38,41)/t20-/m1/s1. The summed E-state index contributed by atoms with van der Waals surface area (Å²) in [5.74, 6) is 1.05. The lowest BCUT2D eigenvalue weighted by Gasteiger charge is -2.39. The first-order valence-corrected chi connectivity index (χ1v) is 15.0. The number of nitrogens with one attached hydrogen (secondary N) is 1. The minimum Gasteiger partial charge on any atom is -0.437 e. The molecular weight excluding hydrogens is 579 g/mol. The quantitative estimate of drug-likeness (QED) is 0.219. The number of nitrogens with zero attached hydrogens (tertiary/aromatic N) is 6. The van der Waals surface area contributed by atoms with Crippen LogP contribution in [0.25, 0.3) is 21.5 Å². The van der Waals surface area contributed by atoms with Gasteiger partial charge in [0.05, 0.1) is 10.4 Å². The normalized spacial score (nSPS) is 16.0. The van der Waals surface area contributed by atoms with E-state index in [1.165, 1.54) is 30.7 Å². The number of halogens is 3. The van der Waals surface area contributed by atoms with Gasteiger partial charge < -0.3 is 15.0 Å². The Morgan fingerprint density at radius 3 is 2.74 bits per heavy atom. The largest absolute Gasteiger partial charge is 0.437 e. The Morgan fingerprint density at radius 1 is 1.19 bits per heavy atom. The lowest BCUT2D eigenvalue weighted by Crippen LogP contribution is -2.47. The molecule has 228 valence electrons. The SMILES string of the molecule is CC(=O)Nc1nc2c(Oc3cc(-c4ccc(C(F)(F)F)nc4N(C)C[C@H]4CCCCN4CC(C)C)ncn3)cccc2s1. The van der Waals surface area contributed by atoms with Crippen LogP contribution in [0.15, 0.2) is 42.7 Å². The van der Waals surface area contributed by atoms with Crippen molar-refractivity contribution >= 4 is 38.4 Å². The molecule has 9 nitrogen and oxygen atoms in total. The van der Waals surface area contributed by atoms with Crippen molar-refractivity contribution in [2.45, 2.75) is 52.3 Å². The van der Waals surface area contributed by atoms with E-state index < -0.39 is 11.9 Å². The van der Waals surface area contributed by atoms with Crippen molar-refractivity contribution < 1.29 is 22.7 Å². The van der Waals surface area contributed by atoms with E-state index in [1.807, 2.05) is 6.07 Å². The fourth-order valence-electron chi connectivity index (χ4n) is 5.34. The summed E-state index contributed by atoms with van der Waals surface area (Å²) in [6.45, 7) is 8.20. The third-order valence-electron chi connectivity index (χ3n) is 7.16. The number of carbonyl (C=O) groups is 1. The number of fused-ring (bicyclic) bond motifs is 1. The van der Waals surface area contributed by atoms with Crippen molar-refractivity contribution in [3.63, 3.8) is 0 Å². The van der Waals surface area contributed by atoms with Crippen LogP contribution >= 0.6 is 11.3 Å². The Balaban J connectivity index is 1.46. The fraction of sp³-hybridized carbons (Fsp3) is 0.433. The number of rotatable bonds is 9. The summed E-state index contributed by atoms with van der Waals surface area (Å²) in [5.41, 5.74) is 0.400. The van der Waals surface area contributed by atoms with Crippen molar-refractivity contribution in [3.8, 4) is 22.9 Å². The Morgan fingerprint density at radius 2 is 2.00 bits per heavy atom. The smallest absolute Gasteiger partial charge is 0.433 e. The Hall–Kier alpha value is -3.84. The number of aromatic nitrogens is 4. The fourth-order valence-corrected chi connectivity index (χ4v) is 6.27. The van der Waals surface area contributed by atoms with Crippen molar-refractivity contribution in [3.05, 3.63) is 48.4 Å². The van der Waals surface area contributed by atoms with Crippen molar-refractivity contribution in [2.75, 3.05) is 36.9 Å². The zero-order valence-corrected chi connectivity index (χ0v) is 25.3. The van der Waals surface area contributed by atoms with Gasteiger partial charge in [-0.25, -0.2) is 19.9 Å². The van der Waals surface area contributed by atoms with E-state index in [9.17, 15) is 18.0 Å². The summed E-state index contributed by atoms with van der Waals surface area (Å²) in [6, 6.07) is 9.55. The molecule has 13 heteroatoms. The van der Waals surface area contributed by atoms with Crippen LogP contribution in [-0.2, 0) is 11.0 Å². The molecular formula is C30H34F3N7O2S. The Kier molecular flexibility index (Phi) is 9.11. The van der Waals surface area contributed by atoms with Crippen LogP contribution in [0.1, 0.15) is 45.7 Å². The number of benzene rings is 1. The van der Waals surface area contributed by atoms with Gasteiger partial charge in [-0.3, -0.25) is 9.69 Å². The number of thiazole rings is 1. The Labute approximate surface area is 252 Å². The molecule has 0 aliphatic carbocycles. The van der Waals surface area contributed by atoms with E-state index in [2.05, 4.69) is 44.0 Å². The Bertz CT molecular complexity index is 1590. The average molecular weight is 614 g/mol. The van der Waals surface area contributed by atoms with Gasteiger partial charge in [-0.2, -0.15) is 13.2 Å². The minimum absolute atomic E-state index is 0.190. The van der Waals surface area contributed by atoms with Gasteiger partial charge in [0.2, 0.25) is 11.8 Å². The predicted octanol–water partition coefficient (Wildman–Crippen LogP) is 6.86.